The molecule has 0 radical (unpaired) electrons. The van der Waals surface area contributed by atoms with Gasteiger partial charge < -0.3 is 5.32 Å². The Morgan fingerprint density at radius 3 is 2.85 bits per heavy atom. The lowest BCUT2D eigenvalue weighted by Gasteiger charge is -2.06. The van der Waals surface area contributed by atoms with Crippen molar-refractivity contribution in [3.8, 4) is 17.5 Å². The molecule has 1 aliphatic rings. The number of nitrogens with one attached hydrogen (secondary N) is 2. The monoisotopic (exact) mass is 348 g/mol. The van der Waals surface area contributed by atoms with Gasteiger partial charge in [-0.05, 0) is 44.5 Å². The molecule has 134 valence electrons. The van der Waals surface area contributed by atoms with Crippen LogP contribution in [-0.2, 0) is 0 Å². The molecule has 0 aliphatic carbocycles. The van der Waals surface area contributed by atoms with Crippen LogP contribution in [0.5, 0.6) is 0 Å². The molecule has 26 heavy (non-hydrogen) atoms. The van der Waals surface area contributed by atoms with E-state index in [0.717, 1.165) is 54.2 Å². The van der Waals surface area contributed by atoms with Crippen LogP contribution in [0.1, 0.15) is 43.5 Å². The molecule has 0 unspecified atom stereocenters. The second-order valence-electron chi connectivity index (χ2n) is 6.12. The summed E-state index contributed by atoms with van der Waals surface area (Å²) < 4.78 is 1.92. The quantitative estimate of drug-likeness (QED) is 0.507. The number of benzene rings is 1. The molecule has 1 aromatic carbocycles. The van der Waals surface area contributed by atoms with Crippen LogP contribution >= 0.6 is 0 Å². The van der Waals surface area contributed by atoms with Crippen LogP contribution in [0.4, 0.5) is 0 Å². The minimum Gasteiger partial charge on any atom is -0.353 e. The molecular weight excluding hydrogens is 324 g/mol. The highest BCUT2D eigenvalue weighted by Crippen LogP contribution is 2.15. The predicted molar refractivity (Wildman–Crippen MR) is 106 cm³/mol. The van der Waals surface area contributed by atoms with Gasteiger partial charge in [0.2, 0.25) is 5.96 Å². The Bertz CT molecular complexity index is 877. The van der Waals surface area contributed by atoms with Crippen LogP contribution in [0.2, 0.25) is 0 Å². The fourth-order valence-corrected chi connectivity index (χ4v) is 2.67. The van der Waals surface area contributed by atoms with Crippen molar-refractivity contribution in [3.05, 3.63) is 47.3 Å². The Kier molecular flexibility index (Phi) is 5.69. The number of rotatable bonds is 4. The van der Waals surface area contributed by atoms with Gasteiger partial charge in [0.05, 0.1) is 29.8 Å². The second kappa shape index (κ2) is 8.34. The van der Waals surface area contributed by atoms with Gasteiger partial charge in [0.1, 0.15) is 0 Å². The van der Waals surface area contributed by atoms with Crippen LogP contribution in [0, 0.1) is 18.8 Å². The largest absolute Gasteiger partial charge is 0.353 e. The molecule has 6 heteroatoms. The number of hydrogen-bond acceptors (Lipinski definition) is 5. The zero-order valence-corrected chi connectivity index (χ0v) is 15.5. The van der Waals surface area contributed by atoms with Gasteiger partial charge in [-0.15, -0.1) is 0 Å². The maximum Gasteiger partial charge on any atom is 0.212 e. The van der Waals surface area contributed by atoms with E-state index in [9.17, 15) is 0 Å². The summed E-state index contributed by atoms with van der Waals surface area (Å²) in [7, 11) is 0. The number of unbranched alkanes of at least 4 members (excludes halogenated alkanes) is 1. The third-order valence-electron chi connectivity index (χ3n) is 4.12. The molecule has 3 rings (SSSR count). The Morgan fingerprint density at radius 2 is 2.15 bits per heavy atom. The Labute approximate surface area is 154 Å². The predicted octanol–water partition coefficient (Wildman–Crippen LogP) is 2.61. The molecule has 0 amide bonds. The van der Waals surface area contributed by atoms with E-state index in [0.29, 0.717) is 5.96 Å². The summed E-state index contributed by atoms with van der Waals surface area (Å²) in [4.78, 5) is 4.27. The Balaban J connectivity index is 1.76. The van der Waals surface area contributed by atoms with E-state index in [2.05, 4.69) is 44.7 Å². The van der Waals surface area contributed by atoms with Crippen LogP contribution < -0.4 is 10.7 Å². The number of aromatic nitrogens is 2. The van der Waals surface area contributed by atoms with Crippen molar-refractivity contribution < 1.29 is 0 Å². The molecule has 1 aliphatic heterocycles. The lowest BCUT2D eigenvalue weighted by atomic mass is 10.1. The van der Waals surface area contributed by atoms with E-state index in [1.54, 1.807) is 0 Å². The van der Waals surface area contributed by atoms with Crippen LogP contribution in [0.3, 0.4) is 0 Å². The summed E-state index contributed by atoms with van der Waals surface area (Å²) in [5, 5.41) is 12.1. The summed E-state index contributed by atoms with van der Waals surface area (Å²) in [5.74, 6) is 7.07. The van der Waals surface area contributed by atoms with Crippen molar-refractivity contribution in [3.63, 3.8) is 0 Å². The van der Waals surface area contributed by atoms with Crippen molar-refractivity contribution >= 4 is 11.7 Å². The summed E-state index contributed by atoms with van der Waals surface area (Å²) in [6.07, 6.45) is 3.85. The molecule has 0 atom stereocenters. The molecule has 6 nitrogen and oxygen atoms in total. The van der Waals surface area contributed by atoms with E-state index in [-0.39, 0.29) is 0 Å². The molecule has 1 aromatic heterocycles. The molecule has 0 fully saturated rings. The summed E-state index contributed by atoms with van der Waals surface area (Å²) in [6, 6.07) is 8.15. The summed E-state index contributed by atoms with van der Waals surface area (Å²) >= 11 is 0. The fraction of sp³-hybridized carbons (Fsp3) is 0.350. The zero-order chi connectivity index (χ0) is 18.4. The van der Waals surface area contributed by atoms with Crippen LogP contribution in [0.15, 0.2) is 40.6 Å². The number of guanidine groups is 1. The van der Waals surface area contributed by atoms with Crippen molar-refractivity contribution in [1.82, 2.24) is 20.5 Å². The minimum absolute atomic E-state index is 0.717. The van der Waals surface area contributed by atoms with Gasteiger partial charge in [0.15, 0.2) is 0 Å². The van der Waals surface area contributed by atoms with E-state index >= 15 is 0 Å². The summed E-state index contributed by atoms with van der Waals surface area (Å²) in [6.45, 7) is 7.78. The number of nitrogens with zero attached hydrogens (tertiary/aromatic N) is 4. The fourth-order valence-electron chi connectivity index (χ4n) is 2.67. The molecule has 2 aromatic rings. The van der Waals surface area contributed by atoms with Gasteiger partial charge in [-0.3, -0.25) is 0 Å². The van der Waals surface area contributed by atoms with Crippen molar-refractivity contribution in [1.29, 1.82) is 0 Å². The maximum atomic E-state index is 4.52. The van der Waals surface area contributed by atoms with E-state index in [4.69, 9.17) is 0 Å². The first-order valence-corrected chi connectivity index (χ1v) is 8.92. The molecule has 0 bridgehead atoms. The first-order chi connectivity index (χ1) is 12.7. The van der Waals surface area contributed by atoms with Gasteiger partial charge in [0.25, 0.3) is 0 Å². The van der Waals surface area contributed by atoms with Crippen LogP contribution in [-0.4, -0.2) is 34.5 Å². The highest BCUT2D eigenvalue weighted by Gasteiger charge is 2.11. The molecule has 0 saturated carbocycles. The lowest BCUT2D eigenvalue weighted by Crippen LogP contribution is -2.30. The van der Waals surface area contributed by atoms with Crippen LogP contribution in [0.25, 0.3) is 5.69 Å². The normalized spacial score (nSPS) is 13.7. The SMILES string of the molecule is CCCC#Cc1ccc(-n2ncc(/C(C)=N/NC3=NCCN3)c2C)cc1. The minimum atomic E-state index is 0.717. The van der Waals surface area contributed by atoms with Crippen molar-refractivity contribution in [2.24, 2.45) is 10.1 Å². The Morgan fingerprint density at radius 1 is 1.35 bits per heavy atom. The first kappa shape index (κ1) is 17.7. The van der Waals surface area contributed by atoms with Gasteiger partial charge in [0, 0.05) is 24.1 Å². The van der Waals surface area contributed by atoms with Gasteiger partial charge in [-0.1, -0.05) is 18.8 Å². The third-order valence-corrected chi connectivity index (χ3v) is 4.12. The van der Waals surface area contributed by atoms with E-state index < -0.39 is 0 Å². The molecule has 2 heterocycles. The number of hydrazone groups is 1. The highest BCUT2D eigenvalue weighted by molar-refractivity contribution is 6.00. The topological polar surface area (TPSA) is 66.6 Å². The average molecular weight is 348 g/mol. The van der Waals surface area contributed by atoms with Gasteiger partial charge >= 0.3 is 0 Å². The third kappa shape index (κ3) is 4.12. The molecule has 2 N–H and O–H groups in total. The number of aliphatic imine (C=N–C) groups is 1. The molecular formula is C20H24N6. The second-order valence-corrected chi connectivity index (χ2v) is 6.12. The summed E-state index contributed by atoms with van der Waals surface area (Å²) in [5.41, 5.74) is 7.91. The van der Waals surface area contributed by atoms with Gasteiger partial charge in [-0.25, -0.2) is 15.1 Å². The standard InChI is InChI=1S/C20H24N6/c1-4-5-6-7-17-8-10-18(11-9-17)26-16(3)19(14-23-26)15(2)24-25-20-21-12-13-22-20/h8-11,14H,4-5,12-13H2,1-3H3,(H2,21,22,25)/b24-15+. The van der Waals surface area contributed by atoms with E-state index in [1.165, 1.54) is 0 Å². The molecule has 0 saturated heterocycles. The first-order valence-electron chi connectivity index (χ1n) is 8.92. The van der Waals surface area contributed by atoms with E-state index in [1.807, 2.05) is 49.0 Å². The highest BCUT2D eigenvalue weighted by atomic mass is 15.4. The zero-order valence-electron chi connectivity index (χ0n) is 15.5. The lowest BCUT2D eigenvalue weighted by molar-refractivity contribution is 0.846. The Hall–Kier alpha value is -3.07. The average Bonchev–Trinajstić information content (AvgIpc) is 3.30. The number of hydrogen-bond donors (Lipinski definition) is 2. The smallest absolute Gasteiger partial charge is 0.212 e. The van der Waals surface area contributed by atoms with Crippen molar-refractivity contribution in [2.45, 2.75) is 33.6 Å². The molecule has 0 spiro atoms. The van der Waals surface area contributed by atoms with Crippen molar-refractivity contribution in [2.75, 3.05) is 13.1 Å². The maximum absolute atomic E-state index is 4.52. The van der Waals surface area contributed by atoms with Gasteiger partial charge in [-0.2, -0.15) is 10.2 Å².